The van der Waals surface area contributed by atoms with Crippen molar-refractivity contribution >= 4 is 9.12 Å². The highest BCUT2D eigenvalue weighted by atomic mass is 28.3. The number of allylic oxidation sites excluding steroid dienone is 1. The Morgan fingerprint density at radius 2 is 1.42 bits per heavy atom. The molecule has 2 N–H and O–H groups in total. The first-order chi connectivity index (χ1) is 5.43. The molecule has 0 rings (SSSR count). The second kappa shape index (κ2) is 5.51. The fraction of sp³-hybridized carbons (Fsp3) is 0.778. The van der Waals surface area contributed by atoms with Gasteiger partial charge in [-0.3, -0.25) is 0 Å². The van der Waals surface area contributed by atoms with Gasteiger partial charge in [0.15, 0.2) is 0 Å². The Balaban J connectivity index is 3.96. The third-order valence-electron chi connectivity index (χ3n) is 1.49. The molecule has 0 spiro atoms. The summed E-state index contributed by atoms with van der Waals surface area (Å²) in [5.74, 6) is 0. The molecule has 0 atom stereocenters. The fourth-order valence-corrected chi connectivity index (χ4v) is 3.00. The van der Waals surface area contributed by atoms with E-state index in [2.05, 4.69) is 51.2 Å². The van der Waals surface area contributed by atoms with Crippen LogP contribution < -0.4 is 9.96 Å². The normalized spacial score (nSPS) is 11.7. The second-order valence-electron chi connectivity index (χ2n) is 3.92. The van der Waals surface area contributed by atoms with E-state index in [-0.39, 0.29) is 0 Å². The van der Waals surface area contributed by atoms with E-state index in [0.717, 1.165) is 0 Å². The summed E-state index contributed by atoms with van der Waals surface area (Å²) in [5.41, 5.74) is 0. The SMILES string of the molecule is C=C(C)[SiH](NC(C)C)NC(C)C. The highest BCUT2D eigenvalue weighted by molar-refractivity contribution is 6.61. The Morgan fingerprint density at radius 3 is 1.58 bits per heavy atom. The predicted octanol–water partition coefficient (Wildman–Crippen LogP) is 1.32. The lowest BCUT2D eigenvalue weighted by Gasteiger charge is -2.23. The van der Waals surface area contributed by atoms with Gasteiger partial charge in [0.25, 0.3) is 0 Å². The van der Waals surface area contributed by atoms with Crippen molar-refractivity contribution in [3.63, 3.8) is 0 Å². The Morgan fingerprint density at radius 1 is 1.08 bits per heavy atom. The minimum absolute atomic E-state index is 0.546. The van der Waals surface area contributed by atoms with Gasteiger partial charge in [-0.05, 0) is 19.0 Å². The van der Waals surface area contributed by atoms with Gasteiger partial charge in [-0.2, -0.15) is 0 Å². The Kier molecular flexibility index (Phi) is 5.45. The van der Waals surface area contributed by atoms with Crippen LogP contribution in [0.15, 0.2) is 11.8 Å². The summed E-state index contributed by atoms with van der Waals surface area (Å²) in [4.78, 5) is 7.08. The van der Waals surface area contributed by atoms with Gasteiger partial charge in [-0.25, -0.2) is 0 Å². The monoisotopic (exact) mass is 186 g/mol. The lowest BCUT2D eigenvalue weighted by molar-refractivity contribution is 0.685. The number of rotatable bonds is 5. The quantitative estimate of drug-likeness (QED) is 0.633. The van der Waals surface area contributed by atoms with Crippen molar-refractivity contribution in [2.24, 2.45) is 0 Å². The van der Waals surface area contributed by atoms with Crippen LogP contribution in [0.2, 0.25) is 0 Å². The van der Waals surface area contributed by atoms with Gasteiger partial charge < -0.3 is 9.96 Å². The maximum absolute atomic E-state index is 4.00. The molecule has 0 aromatic heterocycles. The summed E-state index contributed by atoms with van der Waals surface area (Å²) >= 11 is 0. The molecule has 3 heteroatoms. The maximum atomic E-state index is 4.00. The van der Waals surface area contributed by atoms with Crippen LogP contribution in [0.3, 0.4) is 0 Å². The van der Waals surface area contributed by atoms with E-state index in [1.165, 1.54) is 5.20 Å². The molecule has 72 valence electrons. The standard InChI is InChI=1S/C9H22N2Si/c1-7(2)10-12(9(5)6)11-8(3)4/h7-8,10-12H,5H2,1-4,6H3. The van der Waals surface area contributed by atoms with E-state index < -0.39 is 9.12 Å². The molecule has 0 saturated carbocycles. The highest BCUT2D eigenvalue weighted by Gasteiger charge is 2.13. The molecule has 0 unspecified atom stereocenters. The van der Waals surface area contributed by atoms with E-state index in [9.17, 15) is 0 Å². The van der Waals surface area contributed by atoms with E-state index in [4.69, 9.17) is 0 Å². The molecule has 0 radical (unpaired) electrons. The van der Waals surface area contributed by atoms with Crippen LogP contribution in [0.25, 0.3) is 0 Å². The molecule has 0 bridgehead atoms. The average Bonchev–Trinajstić information content (AvgIpc) is 1.83. The van der Waals surface area contributed by atoms with Gasteiger partial charge in [0, 0.05) is 0 Å². The number of hydrogen-bond acceptors (Lipinski definition) is 2. The second-order valence-corrected chi connectivity index (χ2v) is 6.44. The molecule has 0 heterocycles. The lowest BCUT2D eigenvalue weighted by atomic mass is 10.4. The van der Waals surface area contributed by atoms with E-state index >= 15 is 0 Å². The van der Waals surface area contributed by atoms with Crippen molar-refractivity contribution in [3.05, 3.63) is 11.8 Å². The van der Waals surface area contributed by atoms with Crippen LogP contribution >= 0.6 is 0 Å². The van der Waals surface area contributed by atoms with Crippen molar-refractivity contribution in [2.45, 2.75) is 46.7 Å². The number of nitrogens with one attached hydrogen (secondary N) is 2. The van der Waals surface area contributed by atoms with E-state index in [0.29, 0.717) is 12.1 Å². The minimum Gasteiger partial charge on any atom is -0.322 e. The summed E-state index contributed by atoms with van der Waals surface area (Å²) in [6.07, 6.45) is 0. The Bertz CT molecular complexity index is 133. The Hall–Kier alpha value is -0.123. The molecular weight excluding hydrogens is 164 g/mol. The molecule has 0 fully saturated rings. The summed E-state index contributed by atoms with van der Waals surface area (Å²) in [7, 11) is -1.12. The van der Waals surface area contributed by atoms with Crippen molar-refractivity contribution in [1.82, 2.24) is 9.96 Å². The zero-order valence-electron chi connectivity index (χ0n) is 8.94. The molecule has 0 aromatic rings. The van der Waals surface area contributed by atoms with Crippen LogP contribution in [0.5, 0.6) is 0 Å². The van der Waals surface area contributed by atoms with Crippen molar-refractivity contribution in [3.8, 4) is 0 Å². The van der Waals surface area contributed by atoms with Gasteiger partial charge in [-0.1, -0.05) is 32.9 Å². The smallest absolute Gasteiger partial charge is 0.213 e. The summed E-state index contributed by atoms with van der Waals surface area (Å²) in [6.45, 7) is 14.8. The molecule has 0 aliphatic carbocycles. The van der Waals surface area contributed by atoms with Gasteiger partial charge in [0.1, 0.15) is 0 Å². The number of hydrogen-bond donors (Lipinski definition) is 2. The van der Waals surface area contributed by atoms with Gasteiger partial charge >= 0.3 is 0 Å². The molecule has 2 nitrogen and oxygen atoms in total. The predicted molar refractivity (Wildman–Crippen MR) is 58.5 cm³/mol. The largest absolute Gasteiger partial charge is 0.322 e. The van der Waals surface area contributed by atoms with Crippen molar-refractivity contribution in [2.75, 3.05) is 0 Å². The fourth-order valence-electron chi connectivity index (χ4n) is 0.999. The Labute approximate surface area is 78.2 Å². The summed E-state index contributed by atoms with van der Waals surface area (Å²) < 4.78 is 0. The molecular formula is C9H22N2Si. The molecule has 12 heavy (non-hydrogen) atoms. The first kappa shape index (κ1) is 11.9. The molecule has 0 aliphatic rings. The highest BCUT2D eigenvalue weighted by Crippen LogP contribution is 1.93. The summed E-state index contributed by atoms with van der Waals surface area (Å²) in [6, 6.07) is 1.09. The minimum atomic E-state index is -1.12. The molecule has 0 amide bonds. The van der Waals surface area contributed by atoms with Crippen LogP contribution in [0, 0.1) is 0 Å². The zero-order valence-corrected chi connectivity index (χ0v) is 10.1. The third kappa shape index (κ3) is 5.52. The molecule has 0 aromatic carbocycles. The van der Waals surface area contributed by atoms with Crippen molar-refractivity contribution in [1.29, 1.82) is 0 Å². The topological polar surface area (TPSA) is 24.1 Å². The van der Waals surface area contributed by atoms with E-state index in [1.54, 1.807) is 0 Å². The maximum Gasteiger partial charge on any atom is 0.213 e. The van der Waals surface area contributed by atoms with Crippen LogP contribution in [-0.4, -0.2) is 21.2 Å². The average molecular weight is 186 g/mol. The zero-order chi connectivity index (χ0) is 9.72. The first-order valence-corrected chi connectivity index (χ1v) is 6.34. The van der Waals surface area contributed by atoms with Crippen molar-refractivity contribution < 1.29 is 0 Å². The molecule has 0 saturated heterocycles. The lowest BCUT2D eigenvalue weighted by Crippen LogP contribution is -2.53. The van der Waals surface area contributed by atoms with Gasteiger partial charge in [0.05, 0.1) is 0 Å². The molecule has 0 aliphatic heterocycles. The first-order valence-electron chi connectivity index (χ1n) is 4.61. The van der Waals surface area contributed by atoms with Crippen LogP contribution in [0.1, 0.15) is 34.6 Å². The summed E-state index contributed by atoms with van der Waals surface area (Å²) in [5, 5.41) is 1.28. The van der Waals surface area contributed by atoms with E-state index in [1.807, 2.05) is 0 Å². The van der Waals surface area contributed by atoms with Crippen LogP contribution in [-0.2, 0) is 0 Å². The third-order valence-corrected chi connectivity index (χ3v) is 4.48. The van der Waals surface area contributed by atoms with Gasteiger partial charge in [-0.15, -0.1) is 6.58 Å². The van der Waals surface area contributed by atoms with Crippen LogP contribution in [0.4, 0.5) is 0 Å². The van der Waals surface area contributed by atoms with Gasteiger partial charge in [0.2, 0.25) is 9.12 Å².